The minimum absolute atomic E-state index is 0.0938. The Hall–Kier alpha value is -2.42. The molecule has 31 heavy (non-hydrogen) atoms. The fourth-order valence-electron chi connectivity index (χ4n) is 3.10. The fraction of sp³-hybridized carbons (Fsp3) is 0.391. The van der Waals surface area contributed by atoms with Crippen LogP contribution in [0.3, 0.4) is 0 Å². The van der Waals surface area contributed by atoms with E-state index in [1.807, 2.05) is 48.9 Å². The second-order valence-corrected chi connectivity index (χ2v) is 8.22. The molecular formula is C23H32FN3O3S. The van der Waals surface area contributed by atoms with Crippen molar-refractivity contribution in [1.29, 1.82) is 0 Å². The normalized spacial score (nSPS) is 14.5. The molecule has 2 aromatic carbocycles. The topological polar surface area (TPSA) is 92.5 Å². The predicted molar refractivity (Wildman–Crippen MR) is 122 cm³/mol. The van der Waals surface area contributed by atoms with Crippen LogP contribution in [0.1, 0.15) is 31.7 Å². The molecule has 0 aliphatic carbocycles. The van der Waals surface area contributed by atoms with E-state index in [1.54, 1.807) is 18.2 Å². The Bertz CT molecular complexity index is 802. The summed E-state index contributed by atoms with van der Waals surface area (Å²) in [5.41, 5.74) is 6.51. The highest BCUT2D eigenvalue weighted by molar-refractivity contribution is 7.83. The highest BCUT2D eigenvalue weighted by atomic mass is 32.2. The van der Waals surface area contributed by atoms with E-state index in [0.29, 0.717) is 18.4 Å². The van der Waals surface area contributed by atoms with Crippen LogP contribution in [-0.2, 0) is 27.0 Å². The van der Waals surface area contributed by atoms with E-state index in [0.717, 1.165) is 37.4 Å². The van der Waals surface area contributed by atoms with Crippen LogP contribution in [0.5, 0.6) is 0 Å². The van der Waals surface area contributed by atoms with Gasteiger partial charge in [-0.1, -0.05) is 43.3 Å². The third-order valence-electron chi connectivity index (χ3n) is 4.57. The van der Waals surface area contributed by atoms with E-state index in [9.17, 15) is 13.4 Å². The largest absolute Gasteiger partial charge is 0.343 e. The summed E-state index contributed by atoms with van der Waals surface area (Å²) < 4.78 is 27.5. The van der Waals surface area contributed by atoms with Crippen molar-refractivity contribution in [2.75, 3.05) is 19.6 Å². The first-order valence-electron chi connectivity index (χ1n) is 10.3. The summed E-state index contributed by atoms with van der Waals surface area (Å²) in [7, 11) is -1.03. The van der Waals surface area contributed by atoms with Crippen molar-refractivity contribution in [2.45, 2.75) is 43.5 Å². The number of amides is 1. The minimum atomic E-state index is -1.03. The number of likely N-dealkylation sites (tertiary alicyclic amines) is 1. The molecule has 0 radical (unpaired) electrons. The highest BCUT2D eigenvalue weighted by Crippen LogP contribution is 2.13. The lowest BCUT2D eigenvalue weighted by Crippen LogP contribution is -2.35. The molecule has 1 aliphatic heterocycles. The van der Waals surface area contributed by atoms with Gasteiger partial charge in [0.2, 0.25) is 5.91 Å². The van der Waals surface area contributed by atoms with Crippen LogP contribution in [0.25, 0.3) is 0 Å². The first kappa shape index (κ1) is 26.6. The summed E-state index contributed by atoms with van der Waals surface area (Å²) in [6.07, 6.45) is 2.86. The summed E-state index contributed by atoms with van der Waals surface area (Å²) >= 11 is 0. The molecule has 0 spiro atoms. The van der Waals surface area contributed by atoms with Gasteiger partial charge >= 0.3 is 0 Å². The van der Waals surface area contributed by atoms with Gasteiger partial charge in [-0.3, -0.25) is 4.79 Å². The smallest absolute Gasteiger partial charge is 0.224 e. The Labute approximate surface area is 186 Å². The summed E-state index contributed by atoms with van der Waals surface area (Å²) in [5, 5.41) is 0. The van der Waals surface area contributed by atoms with Gasteiger partial charge in [0.05, 0.1) is 4.90 Å². The average Bonchev–Trinajstić information content (AvgIpc) is 3.33. The maximum atomic E-state index is 13.4. The van der Waals surface area contributed by atoms with Crippen LogP contribution < -0.4 is 10.5 Å². The Morgan fingerprint density at radius 3 is 2.29 bits per heavy atom. The number of hydrogen-bond acceptors (Lipinski definition) is 4. The van der Waals surface area contributed by atoms with Crippen LogP contribution in [0, 0.1) is 5.82 Å². The lowest BCUT2D eigenvalue weighted by atomic mass is 10.0. The third kappa shape index (κ3) is 9.95. The maximum Gasteiger partial charge on any atom is 0.224 e. The Balaban J connectivity index is 0.000000317. The van der Waals surface area contributed by atoms with Gasteiger partial charge in [-0.15, -0.1) is 0 Å². The zero-order valence-electron chi connectivity index (χ0n) is 18.0. The van der Waals surface area contributed by atoms with Crippen molar-refractivity contribution in [3.63, 3.8) is 0 Å². The zero-order valence-corrected chi connectivity index (χ0v) is 18.8. The number of hydrogen-bond donors (Lipinski definition) is 2. The van der Waals surface area contributed by atoms with Crippen molar-refractivity contribution >= 4 is 23.7 Å². The molecule has 1 saturated heterocycles. The SMILES string of the molecule is C=O.CCNS(=O)c1ccccc1.N[C@@H](CC(=O)N1CCCC1)Cc1ccccc1F. The van der Waals surface area contributed by atoms with Crippen molar-refractivity contribution < 1.29 is 18.2 Å². The van der Waals surface area contributed by atoms with Crippen molar-refractivity contribution in [3.8, 4) is 0 Å². The van der Waals surface area contributed by atoms with E-state index in [1.165, 1.54) is 6.07 Å². The molecule has 3 rings (SSSR count). The van der Waals surface area contributed by atoms with Gasteiger partial charge in [0.1, 0.15) is 23.6 Å². The molecule has 0 saturated carbocycles. The first-order valence-corrected chi connectivity index (χ1v) is 11.4. The molecule has 170 valence electrons. The van der Waals surface area contributed by atoms with Crippen molar-refractivity contribution in [1.82, 2.24) is 9.62 Å². The average molecular weight is 450 g/mol. The maximum absolute atomic E-state index is 13.4. The van der Waals surface area contributed by atoms with Gasteiger partial charge in [0, 0.05) is 32.1 Å². The molecule has 3 N–H and O–H groups in total. The summed E-state index contributed by atoms with van der Waals surface area (Å²) in [6, 6.07) is 15.6. The van der Waals surface area contributed by atoms with Crippen LogP contribution in [0.15, 0.2) is 59.5 Å². The standard InChI is InChI=1S/C14H19FN2O.C8H11NOS.CH2O/c15-13-6-2-1-5-11(13)9-12(16)10-14(18)17-7-3-4-8-17;1-2-9-11(10)8-6-4-3-5-7-8;1-2/h1-2,5-6,12H,3-4,7-10,16H2;3-7,9H,2H2,1H3;1H2/t12-;;/m1../s1. The molecule has 1 fully saturated rings. The minimum Gasteiger partial charge on any atom is -0.343 e. The Morgan fingerprint density at radius 2 is 1.71 bits per heavy atom. The molecule has 8 heteroatoms. The lowest BCUT2D eigenvalue weighted by Gasteiger charge is -2.18. The van der Waals surface area contributed by atoms with Gasteiger partial charge in [-0.25, -0.2) is 13.3 Å². The highest BCUT2D eigenvalue weighted by Gasteiger charge is 2.20. The fourth-order valence-corrected chi connectivity index (χ4v) is 3.93. The van der Waals surface area contributed by atoms with E-state index in [2.05, 4.69) is 4.72 Å². The number of nitrogens with two attached hydrogens (primary N) is 1. The molecule has 2 atom stereocenters. The van der Waals surface area contributed by atoms with Gasteiger partial charge in [-0.05, 0) is 43.0 Å². The summed E-state index contributed by atoms with van der Waals surface area (Å²) in [5.74, 6) is -0.155. The number of nitrogens with zero attached hydrogens (tertiary/aromatic N) is 1. The Morgan fingerprint density at radius 1 is 1.13 bits per heavy atom. The second kappa shape index (κ2) is 15.4. The molecule has 0 bridgehead atoms. The Kier molecular flexibility index (Phi) is 13.2. The zero-order chi connectivity index (χ0) is 23.1. The van der Waals surface area contributed by atoms with Crippen LogP contribution >= 0.6 is 0 Å². The van der Waals surface area contributed by atoms with Gasteiger partial charge in [0.15, 0.2) is 0 Å². The van der Waals surface area contributed by atoms with E-state index >= 15 is 0 Å². The number of carbonyl (C=O) groups is 2. The number of benzene rings is 2. The molecule has 1 heterocycles. The van der Waals surface area contributed by atoms with Crippen LogP contribution in [0.2, 0.25) is 0 Å². The number of carbonyl (C=O) groups excluding carboxylic acids is 2. The van der Waals surface area contributed by atoms with Gasteiger partial charge in [0.25, 0.3) is 0 Å². The van der Waals surface area contributed by atoms with Gasteiger partial charge < -0.3 is 15.4 Å². The lowest BCUT2D eigenvalue weighted by molar-refractivity contribution is -0.130. The second-order valence-electron chi connectivity index (χ2n) is 6.93. The van der Waals surface area contributed by atoms with E-state index < -0.39 is 11.0 Å². The molecular weight excluding hydrogens is 417 g/mol. The molecule has 1 amide bonds. The molecule has 0 aromatic heterocycles. The molecule has 1 aliphatic rings. The van der Waals surface area contributed by atoms with Crippen molar-refractivity contribution in [3.05, 3.63) is 66.0 Å². The number of halogens is 1. The summed E-state index contributed by atoms with van der Waals surface area (Å²) in [6.45, 7) is 6.33. The van der Waals surface area contributed by atoms with E-state index in [-0.39, 0.29) is 17.8 Å². The quantitative estimate of drug-likeness (QED) is 0.680. The van der Waals surface area contributed by atoms with E-state index in [4.69, 9.17) is 10.5 Å². The third-order valence-corrected chi connectivity index (χ3v) is 5.82. The molecule has 1 unspecified atom stereocenters. The van der Waals surface area contributed by atoms with Crippen LogP contribution in [0.4, 0.5) is 4.39 Å². The van der Waals surface area contributed by atoms with Crippen LogP contribution in [-0.4, -0.2) is 47.5 Å². The number of rotatable bonds is 7. The monoisotopic (exact) mass is 449 g/mol. The summed E-state index contributed by atoms with van der Waals surface area (Å²) in [4.78, 5) is 22.6. The number of nitrogens with one attached hydrogen (secondary N) is 1. The predicted octanol–water partition coefficient (Wildman–Crippen LogP) is 2.84. The van der Waals surface area contributed by atoms with Gasteiger partial charge in [-0.2, -0.15) is 0 Å². The molecule has 2 aromatic rings. The first-order chi connectivity index (χ1) is 15.0. The van der Waals surface area contributed by atoms with Crippen molar-refractivity contribution in [2.24, 2.45) is 5.73 Å². The molecule has 6 nitrogen and oxygen atoms in total.